The zero-order chi connectivity index (χ0) is 10.6. The predicted octanol–water partition coefficient (Wildman–Crippen LogP) is 3.46. The SMILES string of the molecule is CN=CN=C(C)c1ccc(Cl)c(Cl)c1. The molecule has 0 aromatic heterocycles. The van der Waals surface area contributed by atoms with Crippen LogP contribution in [0.1, 0.15) is 12.5 Å². The molecule has 14 heavy (non-hydrogen) atoms. The second kappa shape index (κ2) is 5.13. The molecule has 0 amide bonds. The first-order valence-corrected chi connectivity index (χ1v) is 4.81. The highest BCUT2D eigenvalue weighted by atomic mass is 35.5. The minimum atomic E-state index is 0.534. The molecule has 2 nitrogen and oxygen atoms in total. The van der Waals surface area contributed by atoms with Crippen LogP contribution in [0.2, 0.25) is 10.0 Å². The molecule has 0 spiro atoms. The number of halogens is 2. The van der Waals surface area contributed by atoms with E-state index < -0.39 is 0 Å². The van der Waals surface area contributed by atoms with Gasteiger partial charge in [0.1, 0.15) is 6.34 Å². The third-order valence-corrected chi connectivity index (χ3v) is 2.44. The molecule has 74 valence electrons. The molecular formula is C10H10Cl2N2. The van der Waals surface area contributed by atoms with Gasteiger partial charge in [0, 0.05) is 12.8 Å². The fourth-order valence-electron chi connectivity index (χ4n) is 0.940. The molecule has 0 aliphatic carbocycles. The molecule has 0 saturated heterocycles. The number of hydrogen-bond donors (Lipinski definition) is 0. The van der Waals surface area contributed by atoms with E-state index in [0.717, 1.165) is 11.3 Å². The van der Waals surface area contributed by atoms with Gasteiger partial charge in [-0.25, -0.2) is 4.99 Å². The first-order valence-electron chi connectivity index (χ1n) is 4.05. The Bertz CT molecular complexity index is 384. The second-order valence-corrected chi connectivity index (χ2v) is 3.53. The van der Waals surface area contributed by atoms with Crippen molar-refractivity contribution in [2.75, 3.05) is 7.05 Å². The highest BCUT2D eigenvalue weighted by molar-refractivity contribution is 6.42. The van der Waals surface area contributed by atoms with Crippen LogP contribution in [0.4, 0.5) is 0 Å². The van der Waals surface area contributed by atoms with Crippen LogP contribution < -0.4 is 0 Å². The average Bonchev–Trinajstić information content (AvgIpc) is 2.18. The third kappa shape index (κ3) is 2.82. The maximum atomic E-state index is 5.87. The van der Waals surface area contributed by atoms with Gasteiger partial charge in [0.2, 0.25) is 0 Å². The topological polar surface area (TPSA) is 24.7 Å². The Morgan fingerprint density at radius 1 is 1.29 bits per heavy atom. The number of rotatable bonds is 2. The first kappa shape index (κ1) is 11.2. The van der Waals surface area contributed by atoms with Crippen LogP contribution >= 0.6 is 23.2 Å². The zero-order valence-electron chi connectivity index (χ0n) is 7.96. The molecule has 1 aromatic carbocycles. The van der Waals surface area contributed by atoms with Gasteiger partial charge in [-0.05, 0) is 24.6 Å². The lowest BCUT2D eigenvalue weighted by atomic mass is 10.1. The fourth-order valence-corrected chi connectivity index (χ4v) is 1.24. The summed E-state index contributed by atoms with van der Waals surface area (Å²) in [7, 11) is 1.67. The van der Waals surface area contributed by atoms with E-state index in [1.54, 1.807) is 19.2 Å². The van der Waals surface area contributed by atoms with Crippen molar-refractivity contribution in [1.82, 2.24) is 0 Å². The van der Waals surface area contributed by atoms with E-state index in [1.165, 1.54) is 6.34 Å². The molecule has 0 N–H and O–H groups in total. The fraction of sp³-hybridized carbons (Fsp3) is 0.200. The van der Waals surface area contributed by atoms with E-state index in [1.807, 2.05) is 13.0 Å². The van der Waals surface area contributed by atoms with Gasteiger partial charge in [0.15, 0.2) is 0 Å². The van der Waals surface area contributed by atoms with Crippen LogP contribution in [-0.2, 0) is 0 Å². The Labute approximate surface area is 93.3 Å². The predicted molar refractivity (Wildman–Crippen MR) is 63.1 cm³/mol. The first-order chi connectivity index (χ1) is 6.65. The van der Waals surface area contributed by atoms with E-state index in [-0.39, 0.29) is 0 Å². The summed E-state index contributed by atoms with van der Waals surface area (Å²) >= 11 is 11.7. The monoisotopic (exact) mass is 228 g/mol. The highest BCUT2D eigenvalue weighted by Crippen LogP contribution is 2.22. The summed E-state index contributed by atoms with van der Waals surface area (Å²) in [4.78, 5) is 7.88. The van der Waals surface area contributed by atoms with Crippen LogP contribution in [0, 0.1) is 0 Å². The molecule has 0 unspecified atom stereocenters. The maximum absolute atomic E-state index is 5.87. The molecule has 0 aliphatic heterocycles. The Morgan fingerprint density at radius 2 is 2.00 bits per heavy atom. The zero-order valence-corrected chi connectivity index (χ0v) is 9.47. The molecule has 0 saturated carbocycles. The molecule has 1 aromatic rings. The molecule has 0 fully saturated rings. The third-order valence-electron chi connectivity index (χ3n) is 1.70. The number of aliphatic imine (C=N–C) groups is 2. The Kier molecular flexibility index (Phi) is 4.11. The molecule has 0 radical (unpaired) electrons. The second-order valence-electron chi connectivity index (χ2n) is 2.72. The van der Waals surface area contributed by atoms with Gasteiger partial charge in [0.05, 0.1) is 10.0 Å². The van der Waals surface area contributed by atoms with Crippen molar-refractivity contribution in [2.24, 2.45) is 9.98 Å². The van der Waals surface area contributed by atoms with Crippen molar-refractivity contribution in [2.45, 2.75) is 6.92 Å². The van der Waals surface area contributed by atoms with Gasteiger partial charge in [-0.2, -0.15) is 0 Å². The number of benzene rings is 1. The summed E-state index contributed by atoms with van der Waals surface area (Å²) < 4.78 is 0. The smallest absolute Gasteiger partial charge is 0.109 e. The lowest BCUT2D eigenvalue weighted by Gasteiger charge is -2.01. The van der Waals surface area contributed by atoms with Crippen LogP contribution in [-0.4, -0.2) is 19.1 Å². The minimum absolute atomic E-state index is 0.534. The quantitative estimate of drug-likeness (QED) is 0.548. The summed E-state index contributed by atoms with van der Waals surface area (Å²) in [5.41, 5.74) is 1.80. The molecule has 4 heteroatoms. The van der Waals surface area contributed by atoms with Gasteiger partial charge in [-0.15, -0.1) is 0 Å². The molecule has 0 bridgehead atoms. The van der Waals surface area contributed by atoms with Crippen LogP contribution in [0.3, 0.4) is 0 Å². The van der Waals surface area contributed by atoms with Crippen LogP contribution in [0.15, 0.2) is 28.2 Å². The lowest BCUT2D eigenvalue weighted by molar-refractivity contribution is 1.44. The summed E-state index contributed by atoms with van der Waals surface area (Å²) in [6.45, 7) is 1.89. The van der Waals surface area contributed by atoms with Crippen molar-refractivity contribution in [3.8, 4) is 0 Å². The van der Waals surface area contributed by atoms with Crippen LogP contribution in [0.5, 0.6) is 0 Å². The number of nitrogens with zero attached hydrogens (tertiary/aromatic N) is 2. The van der Waals surface area contributed by atoms with Crippen molar-refractivity contribution < 1.29 is 0 Å². The van der Waals surface area contributed by atoms with Gasteiger partial charge in [-0.1, -0.05) is 29.3 Å². The summed E-state index contributed by atoms with van der Waals surface area (Å²) in [6.07, 6.45) is 1.50. The molecule has 1 rings (SSSR count). The van der Waals surface area contributed by atoms with E-state index >= 15 is 0 Å². The number of hydrogen-bond acceptors (Lipinski definition) is 1. The Morgan fingerprint density at radius 3 is 2.57 bits per heavy atom. The molecule has 0 heterocycles. The Balaban J connectivity index is 3.02. The van der Waals surface area contributed by atoms with E-state index in [0.29, 0.717) is 10.0 Å². The maximum Gasteiger partial charge on any atom is 0.109 e. The normalized spacial score (nSPS) is 12.4. The van der Waals surface area contributed by atoms with E-state index in [4.69, 9.17) is 23.2 Å². The largest absolute Gasteiger partial charge is 0.277 e. The van der Waals surface area contributed by atoms with E-state index in [2.05, 4.69) is 9.98 Å². The van der Waals surface area contributed by atoms with Crippen molar-refractivity contribution in [3.63, 3.8) is 0 Å². The summed E-state index contributed by atoms with van der Waals surface area (Å²) in [5.74, 6) is 0. The highest BCUT2D eigenvalue weighted by Gasteiger charge is 2.01. The minimum Gasteiger partial charge on any atom is -0.277 e. The average molecular weight is 229 g/mol. The Hall–Kier alpha value is -0.860. The standard InChI is InChI=1S/C10H10Cl2N2/c1-7(14-6-13-2)8-3-4-9(11)10(12)5-8/h3-6H,1-2H3. The summed E-state index contributed by atoms with van der Waals surface area (Å²) in [5, 5.41) is 1.08. The van der Waals surface area contributed by atoms with Crippen molar-refractivity contribution in [1.29, 1.82) is 0 Å². The van der Waals surface area contributed by atoms with Crippen molar-refractivity contribution in [3.05, 3.63) is 33.8 Å². The molecule has 0 atom stereocenters. The summed E-state index contributed by atoms with van der Waals surface area (Å²) in [6, 6.07) is 5.41. The van der Waals surface area contributed by atoms with Gasteiger partial charge in [-0.3, -0.25) is 4.99 Å². The van der Waals surface area contributed by atoms with Crippen molar-refractivity contribution >= 4 is 35.3 Å². The lowest BCUT2D eigenvalue weighted by Crippen LogP contribution is -1.94. The van der Waals surface area contributed by atoms with Gasteiger partial charge >= 0.3 is 0 Å². The van der Waals surface area contributed by atoms with E-state index in [9.17, 15) is 0 Å². The van der Waals surface area contributed by atoms with Gasteiger partial charge < -0.3 is 0 Å². The van der Waals surface area contributed by atoms with Crippen LogP contribution in [0.25, 0.3) is 0 Å². The molecular weight excluding hydrogens is 219 g/mol. The molecule has 0 aliphatic rings. The van der Waals surface area contributed by atoms with Gasteiger partial charge in [0.25, 0.3) is 0 Å².